The van der Waals surface area contributed by atoms with Crippen molar-refractivity contribution in [2.24, 2.45) is 0 Å². The van der Waals surface area contributed by atoms with Gasteiger partial charge in [0.2, 0.25) is 5.82 Å². The number of rotatable bonds is 5. The van der Waals surface area contributed by atoms with Crippen LogP contribution in [0.3, 0.4) is 0 Å². The van der Waals surface area contributed by atoms with Crippen LogP contribution in [0.4, 0.5) is 0 Å². The molecule has 2 heterocycles. The number of halogens is 1. The van der Waals surface area contributed by atoms with E-state index in [0.29, 0.717) is 22.4 Å². The van der Waals surface area contributed by atoms with Crippen molar-refractivity contribution < 1.29 is 14.0 Å². The first-order chi connectivity index (χ1) is 11.2. The summed E-state index contributed by atoms with van der Waals surface area (Å²) in [6.07, 6.45) is 1.73. The fourth-order valence-corrected chi connectivity index (χ4v) is 2.82. The van der Waals surface area contributed by atoms with E-state index in [9.17, 15) is 0 Å². The van der Waals surface area contributed by atoms with E-state index in [2.05, 4.69) is 10.1 Å². The minimum absolute atomic E-state index is 0.266. The van der Waals surface area contributed by atoms with Gasteiger partial charge in [-0.25, -0.2) is 0 Å². The average molecular weight is 349 g/mol. The van der Waals surface area contributed by atoms with E-state index in [1.54, 1.807) is 37.7 Å². The maximum atomic E-state index is 6.28. The number of hydrogen-bond donors (Lipinski definition) is 0. The van der Waals surface area contributed by atoms with Gasteiger partial charge in [-0.15, -0.1) is 0 Å². The lowest BCUT2D eigenvalue weighted by Crippen LogP contribution is -1.90. The number of benzene rings is 1. The van der Waals surface area contributed by atoms with Crippen molar-refractivity contribution in [2.75, 3.05) is 14.2 Å². The van der Waals surface area contributed by atoms with Crippen LogP contribution >= 0.6 is 22.9 Å². The zero-order valence-electron chi connectivity index (χ0n) is 12.4. The zero-order valence-corrected chi connectivity index (χ0v) is 14.0. The maximum absolute atomic E-state index is 6.28. The van der Waals surface area contributed by atoms with E-state index >= 15 is 0 Å². The molecule has 23 heavy (non-hydrogen) atoms. The molecule has 118 valence electrons. The van der Waals surface area contributed by atoms with Crippen molar-refractivity contribution in [3.05, 3.63) is 46.5 Å². The van der Waals surface area contributed by atoms with Gasteiger partial charge < -0.3 is 14.0 Å². The monoisotopic (exact) mass is 348 g/mol. The van der Waals surface area contributed by atoms with Gasteiger partial charge in [0, 0.05) is 10.9 Å². The Kier molecular flexibility index (Phi) is 4.64. The van der Waals surface area contributed by atoms with Crippen LogP contribution in [0.1, 0.15) is 11.5 Å². The minimum atomic E-state index is 0.266. The lowest BCUT2D eigenvalue weighted by molar-refractivity contribution is 0.355. The molecule has 3 aromatic rings. The van der Waals surface area contributed by atoms with Crippen molar-refractivity contribution in [2.45, 2.75) is 0 Å². The Hall–Kier alpha value is -2.31. The zero-order chi connectivity index (χ0) is 16.2. The summed E-state index contributed by atoms with van der Waals surface area (Å²) in [5.74, 6) is 2.05. The normalized spacial score (nSPS) is 11.5. The molecule has 0 atom stereocenters. The van der Waals surface area contributed by atoms with E-state index in [0.717, 1.165) is 11.1 Å². The smallest absolute Gasteiger partial charge is 0.269 e. The molecular weight excluding hydrogens is 336 g/mol. The molecule has 2 aromatic heterocycles. The fourth-order valence-electron chi connectivity index (χ4n) is 1.98. The highest BCUT2D eigenvalue weighted by Gasteiger charge is 2.12. The van der Waals surface area contributed by atoms with Gasteiger partial charge in [0.1, 0.15) is 5.03 Å². The Balaban J connectivity index is 1.88. The minimum Gasteiger partial charge on any atom is -0.493 e. The summed E-state index contributed by atoms with van der Waals surface area (Å²) in [5.41, 5.74) is 1.74. The summed E-state index contributed by atoms with van der Waals surface area (Å²) >= 11 is 7.85. The lowest BCUT2D eigenvalue weighted by Gasteiger charge is -2.07. The highest BCUT2D eigenvalue weighted by atomic mass is 35.5. The molecular formula is C16H13ClN2O3S. The quantitative estimate of drug-likeness (QED) is 0.676. The number of nitrogens with zero attached hydrogens (tertiary/aromatic N) is 2. The summed E-state index contributed by atoms with van der Waals surface area (Å²) < 4.78 is 15.7. The number of aromatic nitrogens is 2. The summed E-state index contributed by atoms with van der Waals surface area (Å²) in [4.78, 5) is 4.30. The molecule has 5 nitrogen and oxygen atoms in total. The van der Waals surface area contributed by atoms with Crippen LogP contribution in [0.5, 0.6) is 11.5 Å². The van der Waals surface area contributed by atoms with Crippen molar-refractivity contribution in [3.63, 3.8) is 0 Å². The highest BCUT2D eigenvalue weighted by molar-refractivity contribution is 7.08. The van der Waals surface area contributed by atoms with Crippen LogP contribution in [0, 0.1) is 0 Å². The van der Waals surface area contributed by atoms with Crippen LogP contribution in [-0.2, 0) is 0 Å². The molecule has 0 fully saturated rings. The van der Waals surface area contributed by atoms with E-state index in [-0.39, 0.29) is 5.89 Å². The maximum Gasteiger partial charge on any atom is 0.269 e. The molecule has 7 heteroatoms. The van der Waals surface area contributed by atoms with Crippen LogP contribution in [0.2, 0.25) is 0 Å². The number of hydrogen-bond acceptors (Lipinski definition) is 6. The van der Waals surface area contributed by atoms with E-state index < -0.39 is 0 Å². The average Bonchev–Trinajstić information content (AvgIpc) is 3.25. The molecule has 3 rings (SSSR count). The molecule has 0 aliphatic heterocycles. The van der Waals surface area contributed by atoms with Crippen LogP contribution in [-0.4, -0.2) is 24.4 Å². The first-order valence-corrected chi connectivity index (χ1v) is 7.99. The molecule has 0 N–H and O–H groups in total. The molecule has 0 spiro atoms. The third-order valence-electron chi connectivity index (χ3n) is 3.11. The van der Waals surface area contributed by atoms with Crippen molar-refractivity contribution in [1.82, 2.24) is 10.1 Å². The second kappa shape index (κ2) is 6.85. The Morgan fingerprint density at radius 3 is 2.74 bits per heavy atom. The van der Waals surface area contributed by atoms with Gasteiger partial charge in [0.05, 0.1) is 14.2 Å². The molecule has 0 aliphatic rings. The number of methoxy groups -OCH3 is 2. The third-order valence-corrected chi connectivity index (χ3v) is 4.06. The summed E-state index contributed by atoms with van der Waals surface area (Å²) in [7, 11) is 3.17. The van der Waals surface area contributed by atoms with Crippen LogP contribution in [0.15, 0.2) is 39.5 Å². The van der Waals surface area contributed by atoms with Crippen LogP contribution < -0.4 is 9.47 Å². The van der Waals surface area contributed by atoms with E-state index in [1.165, 1.54) is 0 Å². The molecule has 0 aliphatic carbocycles. The van der Waals surface area contributed by atoms with Gasteiger partial charge >= 0.3 is 0 Å². The van der Waals surface area contributed by atoms with E-state index in [4.69, 9.17) is 25.6 Å². The van der Waals surface area contributed by atoms with Gasteiger partial charge in [-0.3, -0.25) is 0 Å². The molecule has 0 saturated carbocycles. The van der Waals surface area contributed by atoms with Crippen molar-refractivity contribution in [3.8, 4) is 22.9 Å². The fraction of sp³-hybridized carbons (Fsp3) is 0.125. The van der Waals surface area contributed by atoms with E-state index in [1.807, 2.05) is 29.0 Å². The van der Waals surface area contributed by atoms with Gasteiger partial charge in [-0.05, 0) is 35.2 Å². The van der Waals surface area contributed by atoms with Gasteiger partial charge in [0.25, 0.3) is 5.89 Å². The summed E-state index contributed by atoms with van der Waals surface area (Å²) in [6, 6.07) is 7.40. The van der Waals surface area contributed by atoms with Crippen LogP contribution in [0.25, 0.3) is 22.5 Å². The second-order valence-electron chi connectivity index (χ2n) is 4.54. The number of ether oxygens (including phenoxy) is 2. The molecule has 0 bridgehead atoms. The van der Waals surface area contributed by atoms with Crippen molar-refractivity contribution in [1.29, 1.82) is 0 Å². The summed E-state index contributed by atoms with van der Waals surface area (Å²) in [6.45, 7) is 0. The van der Waals surface area contributed by atoms with Gasteiger partial charge in [0.15, 0.2) is 11.5 Å². The lowest BCUT2D eigenvalue weighted by atomic mass is 10.2. The largest absolute Gasteiger partial charge is 0.493 e. The Labute approximate surface area is 142 Å². The van der Waals surface area contributed by atoms with Gasteiger partial charge in [-0.1, -0.05) is 22.8 Å². The predicted molar refractivity (Wildman–Crippen MR) is 90.9 cm³/mol. The summed E-state index contributed by atoms with van der Waals surface area (Å²) in [5, 5.41) is 8.18. The standard InChI is InChI=1S/C16H13ClN2O3S/c1-20-13-4-3-10(8-14(13)21-2)7-12(17)16-18-15(19-22-16)11-5-6-23-9-11/h3-9H,1-2H3/b12-7-. The Bertz CT molecular complexity index is 828. The number of thiophene rings is 1. The topological polar surface area (TPSA) is 57.4 Å². The molecule has 0 radical (unpaired) electrons. The molecule has 1 aromatic carbocycles. The van der Waals surface area contributed by atoms with Crippen molar-refractivity contribution >= 4 is 34.0 Å². The predicted octanol–water partition coefficient (Wildman–Crippen LogP) is 4.55. The molecule has 0 amide bonds. The first kappa shape index (κ1) is 15.6. The first-order valence-electron chi connectivity index (χ1n) is 6.67. The molecule has 0 saturated heterocycles. The Morgan fingerprint density at radius 2 is 2.04 bits per heavy atom. The molecule has 0 unspecified atom stereocenters. The SMILES string of the molecule is COc1ccc(/C=C(\Cl)c2nc(-c3ccsc3)no2)cc1OC. The highest BCUT2D eigenvalue weighted by Crippen LogP contribution is 2.30. The second-order valence-corrected chi connectivity index (χ2v) is 5.73. The third kappa shape index (κ3) is 3.38. The van der Waals surface area contributed by atoms with Gasteiger partial charge in [-0.2, -0.15) is 16.3 Å². The Morgan fingerprint density at radius 1 is 1.22 bits per heavy atom.